The third kappa shape index (κ3) is 3.18. The minimum atomic E-state index is -1.23. The molecule has 6 nitrogen and oxygen atoms in total. The molecule has 0 spiro atoms. The maximum Gasteiger partial charge on any atom is 0.500 e. The summed E-state index contributed by atoms with van der Waals surface area (Å²) in [7, 11) is -1.23. The largest absolute Gasteiger partial charge is 0.500 e. The van der Waals surface area contributed by atoms with Crippen LogP contribution in [0.2, 0.25) is 0 Å². The number of aromatic nitrogens is 2. The highest BCUT2D eigenvalue weighted by Crippen LogP contribution is 2.37. The Morgan fingerprint density at radius 1 is 1.17 bits per heavy atom. The summed E-state index contributed by atoms with van der Waals surface area (Å²) in [5, 5.41) is 6.68. The zero-order valence-electron chi connectivity index (χ0n) is 17.4. The zero-order valence-corrected chi connectivity index (χ0v) is 17.4. The maximum absolute atomic E-state index is 15.4. The second kappa shape index (κ2) is 6.89. The molecule has 0 unspecified atom stereocenters. The number of pyridine rings is 1. The van der Waals surface area contributed by atoms with Gasteiger partial charge in [-0.25, -0.2) is 13.3 Å². The molecule has 1 aliphatic rings. The molecule has 9 heteroatoms. The lowest BCUT2D eigenvalue weighted by Crippen LogP contribution is -2.41. The molecule has 156 valence electrons. The molecular formula is C21H22BF2N3O3. The normalized spacial score (nSPS) is 17.5. The van der Waals surface area contributed by atoms with Gasteiger partial charge in [0, 0.05) is 6.20 Å². The fraction of sp³-hybridized carbons (Fsp3) is 0.333. The summed E-state index contributed by atoms with van der Waals surface area (Å²) in [6.07, 6.45) is 3.10. The summed E-state index contributed by atoms with van der Waals surface area (Å²) in [4.78, 5) is 12.8. The van der Waals surface area contributed by atoms with Crippen molar-refractivity contribution in [3.63, 3.8) is 0 Å². The van der Waals surface area contributed by atoms with Crippen molar-refractivity contribution in [3.05, 3.63) is 59.4 Å². The van der Waals surface area contributed by atoms with Gasteiger partial charge in [0.2, 0.25) is 0 Å². The number of carbonyl (C=O) groups excluding carboxylic acids is 1. The van der Waals surface area contributed by atoms with E-state index >= 15 is 4.39 Å². The van der Waals surface area contributed by atoms with Crippen LogP contribution in [0.5, 0.6) is 0 Å². The first-order valence-electron chi connectivity index (χ1n) is 9.60. The second-order valence-electron chi connectivity index (χ2n) is 8.41. The number of nitrogens with one attached hydrogen (secondary N) is 1. The van der Waals surface area contributed by atoms with Gasteiger partial charge in [0.25, 0.3) is 5.91 Å². The van der Waals surface area contributed by atoms with Crippen LogP contribution in [0.25, 0.3) is 5.52 Å². The van der Waals surface area contributed by atoms with Gasteiger partial charge in [-0.1, -0.05) is 6.07 Å². The van der Waals surface area contributed by atoms with Crippen LogP contribution in [0.3, 0.4) is 0 Å². The van der Waals surface area contributed by atoms with E-state index < -0.39 is 35.9 Å². The molecule has 2 aromatic heterocycles. The van der Waals surface area contributed by atoms with Crippen LogP contribution in [0.1, 0.15) is 43.6 Å². The summed E-state index contributed by atoms with van der Waals surface area (Å²) in [6.45, 7) is 8.71. The number of fused-ring (bicyclic) bond motifs is 1. The first kappa shape index (κ1) is 20.5. The Labute approximate surface area is 173 Å². The molecule has 1 amide bonds. The molecule has 1 aliphatic heterocycles. The van der Waals surface area contributed by atoms with E-state index in [2.05, 4.69) is 10.4 Å². The molecule has 1 saturated heterocycles. The van der Waals surface area contributed by atoms with Crippen molar-refractivity contribution in [1.82, 2.24) is 9.61 Å². The average molecular weight is 413 g/mol. The number of halogens is 2. The average Bonchev–Trinajstić information content (AvgIpc) is 3.16. The number of carbonyl (C=O) groups is 1. The molecule has 0 aliphatic carbocycles. The van der Waals surface area contributed by atoms with Gasteiger partial charge >= 0.3 is 7.12 Å². The van der Waals surface area contributed by atoms with Crippen molar-refractivity contribution in [2.45, 2.75) is 45.8 Å². The molecule has 3 aromatic rings. The van der Waals surface area contributed by atoms with Crippen molar-refractivity contribution < 1.29 is 22.9 Å². The molecule has 1 N–H and O–H groups in total. The Hall–Kier alpha value is -2.78. The number of amides is 1. The number of rotatable bonds is 3. The van der Waals surface area contributed by atoms with E-state index in [4.69, 9.17) is 9.31 Å². The predicted octanol–water partition coefficient (Wildman–Crippen LogP) is 3.47. The van der Waals surface area contributed by atoms with Gasteiger partial charge < -0.3 is 14.6 Å². The maximum atomic E-state index is 15.4. The van der Waals surface area contributed by atoms with Crippen molar-refractivity contribution in [2.24, 2.45) is 0 Å². The summed E-state index contributed by atoms with van der Waals surface area (Å²) < 4.78 is 43.3. The van der Waals surface area contributed by atoms with Gasteiger partial charge in [0.05, 0.1) is 39.6 Å². The fourth-order valence-electron chi connectivity index (χ4n) is 3.37. The molecule has 1 aromatic carbocycles. The minimum absolute atomic E-state index is 0.124. The summed E-state index contributed by atoms with van der Waals surface area (Å²) in [6, 6.07) is 6.44. The fourth-order valence-corrected chi connectivity index (χ4v) is 3.37. The second-order valence-corrected chi connectivity index (χ2v) is 8.41. The highest BCUT2D eigenvalue weighted by Gasteiger charge is 2.53. The predicted molar refractivity (Wildman–Crippen MR) is 110 cm³/mol. The first-order chi connectivity index (χ1) is 14.0. The zero-order chi connectivity index (χ0) is 21.8. The highest BCUT2D eigenvalue weighted by molar-refractivity contribution is 6.62. The Bertz CT molecular complexity index is 1140. The number of hydrogen-bond donors (Lipinski definition) is 1. The Morgan fingerprint density at radius 3 is 2.50 bits per heavy atom. The van der Waals surface area contributed by atoms with Gasteiger partial charge in [-0.3, -0.25) is 4.79 Å². The number of aryl methyl sites for hydroxylation is 1. The Morgan fingerprint density at radius 2 is 1.83 bits per heavy atom. The van der Waals surface area contributed by atoms with Crippen LogP contribution in [-0.4, -0.2) is 33.8 Å². The summed E-state index contributed by atoms with van der Waals surface area (Å²) in [5.41, 5.74) is -0.924. The molecule has 0 saturated carbocycles. The number of anilines is 1. The van der Waals surface area contributed by atoms with Crippen LogP contribution in [0, 0.1) is 18.6 Å². The molecule has 30 heavy (non-hydrogen) atoms. The number of benzene rings is 1. The molecule has 1 fully saturated rings. The third-order valence-electron chi connectivity index (χ3n) is 5.85. The Balaban J connectivity index is 1.71. The Kier molecular flexibility index (Phi) is 4.70. The van der Waals surface area contributed by atoms with E-state index in [1.165, 1.54) is 13.1 Å². The topological polar surface area (TPSA) is 64.9 Å². The van der Waals surface area contributed by atoms with Crippen LogP contribution in [0.4, 0.5) is 14.5 Å². The van der Waals surface area contributed by atoms with E-state index in [9.17, 15) is 9.18 Å². The van der Waals surface area contributed by atoms with E-state index in [1.807, 2.05) is 0 Å². The molecule has 0 atom stereocenters. The summed E-state index contributed by atoms with van der Waals surface area (Å²) in [5.74, 6) is -2.27. The molecule has 4 rings (SSSR count). The first-order valence-corrected chi connectivity index (χ1v) is 9.60. The van der Waals surface area contributed by atoms with Gasteiger partial charge in [0.1, 0.15) is 11.6 Å². The lowest BCUT2D eigenvalue weighted by Gasteiger charge is -2.32. The van der Waals surface area contributed by atoms with Gasteiger partial charge in [0.15, 0.2) is 0 Å². The number of nitrogens with zero attached hydrogens (tertiary/aromatic N) is 2. The van der Waals surface area contributed by atoms with E-state index in [0.29, 0.717) is 5.52 Å². The standard InChI is InChI=1S/C21H22BF2N3O3/c1-12-10-14(23)16(22-29-20(2,3)21(4,5)30-22)17(24)18(12)26-19(28)13-11-25-27-9-7-6-8-15(13)27/h6-11H,1-5H3,(H,26,28). The number of hydrogen-bond acceptors (Lipinski definition) is 4. The van der Waals surface area contributed by atoms with Crippen molar-refractivity contribution >= 4 is 29.7 Å². The van der Waals surface area contributed by atoms with Crippen molar-refractivity contribution in [3.8, 4) is 0 Å². The van der Waals surface area contributed by atoms with E-state index in [-0.39, 0.29) is 22.3 Å². The third-order valence-corrected chi connectivity index (χ3v) is 5.85. The van der Waals surface area contributed by atoms with Gasteiger partial charge in [-0.2, -0.15) is 5.10 Å². The van der Waals surface area contributed by atoms with Crippen LogP contribution in [-0.2, 0) is 9.31 Å². The highest BCUT2D eigenvalue weighted by atomic mass is 19.1. The lowest BCUT2D eigenvalue weighted by atomic mass is 9.77. The van der Waals surface area contributed by atoms with E-state index in [1.54, 1.807) is 56.6 Å². The van der Waals surface area contributed by atoms with Crippen molar-refractivity contribution in [2.75, 3.05) is 5.32 Å². The molecule has 3 heterocycles. The monoisotopic (exact) mass is 413 g/mol. The SMILES string of the molecule is Cc1cc(F)c(B2OC(C)(C)C(C)(C)O2)c(F)c1NC(=O)c1cnn2ccccc12. The minimum Gasteiger partial charge on any atom is -0.399 e. The summed E-state index contributed by atoms with van der Waals surface area (Å²) >= 11 is 0. The van der Waals surface area contributed by atoms with Gasteiger partial charge in [-0.05, 0) is 58.4 Å². The quantitative estimate of drug-likeness (QED) is 0.668. The van der Waals surface area contributed by atoms with Crippen LogP contribution in [0.15, 0.2) is 36.7 Å². The lowest BCUT2D eigenvalue weighted by molar-refractivity contribution is 0.00578. The van der Waals surface area contributed by atoms with Crippen molar-refractivity contribution in [1.29, 1.82) is 0 Å². The van der Waals surface area contributed by atoms with E-state index in [0.717, 1.165) is 6.07 Å². The molecular weight excluding hydrogens is 391 g/mol. The van der Waals surface area contributed by atoms with Gasteiger partial charge in [-0.15, -0.1) is 0 Å². The van der Waals surface area contributed by atoms with Crippen LogP contribution < -0.4 is 10.8 Å². The van der Waals surface area contributed by atoms with Crippen LogP contribution >= 0.6 is 0 Å². The molecule has 0 bridgehead atoms. The molecule has 0 radical (unpaired) electrons. The smallest absolute Gasteiger partial charge is 0.399 e.